The highest BCUT2D eigenvalue weighted by Crippen LogP contribution is 2.32. The van der Waals surface area contributed by atoms with Crippen molar-refractivity contribution >= 4 is 11.8 Å². The minimum atomic E-state index is -0.268. The fraction of sp³-hybridized carbons (Fsp3) is 0.786. The number of hydrogen-bond acceptors (Lipinski definition) is 5. The van der Waals surface area contributed by atoms with Crippen molar-refractivity contribution in [3.05, 3.63) is 5.82 Å². The summed E-state index contributed by atoms with van der Waals surface area (Å²) in [5, 5.41) is 11.8. The van der Waals surface area contributed by atoms with Crippen LogP contribution in [0, 0.1) is 5.92 Å². The van der Waals surface area contributed by atoms with E-state index in [0.29, 0.717) is 31.8 Å². The van der Waals surface area contributed by atoms with Gasteiger partial charge in [0.1, 0.15) is 6.54 Å². The van der Waals surface area contributed by atoms with Crippen molar-refractivity contribution in [1.29, 1.82) is 0 Å². The van der Waals surface area contributed by atoms with E-state index >= 15 is 0 Å². The highest BCUT2D eigenvalue weighted by atomic mass is 16.2. The van der Waals surface area contributed by atoms with Gasteiger partial charge in [-0.1, -0.05) is 12.8 Å². The first kappa shape index (κ1) is 14.9. The third-order valence-corrected chi connectivity index (χ3v) is 4.81. The van der Waals surface area contributed by atoms with Gasteiger partial charge in [0.25, 0.3) is 0 Å². The predicted octanol–water partition coefficient (Wildman–Crippen LogP) is 0.0546. The Morgan fingerprint density at radius 2 is 1.82 bits per heavy atom. The smallest absolute Gasteiger partial charge is 0.244 e. The van der Waals surface area contributed by atoms with Crippen LogP contribution < -0.4 is 5.73 Å². The minimum absolute atomic E-state index is 0.00877. The van der Waals surface area contributed by atoms with Crippen LogP contribution in [0.4, 0.5) is 0 Å². The van der Waals surface area contributed by atoms with Gasteiger partial charge in [-0.05, 0) is 36.1 Å². The molecule has 0 bridgehead atoms. The maximum Gasteiger partial charge on any atom is 0.244 e. The van der Waals surface area contributed by atoms with E-state index in [-0.39, 0.29) is 24.3 Å². The summed E-state index contributed by atoms with van der Waals surface area (Å²) in [6.45, 7) is 1.33. The van der Waals surface area contributed by atoms with Crippen LogP contribution in [0.2, 0.25) is 0 Å². The Balaban J connectivity index is 1.58. The number of primary amides is 1. The van der Waals surface area contributed by atoms with Crippen molar-refractivity contribution < 1.29 is 9.59 Å². The number of amides is 2. The zero-order valence-corrected chi connectivity index (χ0v) is 12.6. The average Bonchev–Trinajstić information content (AvgIpc) is 3.18. The van der Waals surface area contributed by atoms with Crippen molar-refractivity contribution in [3.8, 4) is 0 Å². The van der Waals surface area contributed by atoms with Gasteiger partial charge in [0.05, 0.1) is 0 Å². The SMILES string of the molecule is NC(=O)C1CCN(C(=O)Cn2nnnc2C2CCCC2)CC1. The van der Waals surface area contributed by atoms with E-state index in [9.17, 15) is 9.59 Å². The van der Waals surface area contributed by atoms with Crippen LogP contribution in [-0.2, 0) is 16.1 Å². The third-order valence-electron chi connectivity index (χ3n) is 4.81. The van der Waals surface area contributed by atoms with Crippen molar-refractivity contribution in [2.75, 3.05) is 13.1 Å². The Kier molecular flexibility index (Phi) is 4.35. The fourth-order valence-electron chi connectivity index (χ4n) is 3.44. The molecule has 120 valence electrons. The van der Waals surface area contributed by atoms with E-state index in [1.54, 1.807) is 9.58 Å². The lowest BCUT2D eigenvalue weighted by Crippen LogP contribution is -2.43. The lowest BCUT2D eigenvalue weighted by molar-refractivity contribution is -0.135. The molecule has 2 N–H and O–H groups in total. The number of carbonyl (C=O) groups excluding carboxylic acids is 2. The second-order valence-corrected chi connectivity index (χ2v) is 6.23. The maximum absolute atomic E-state index is 12.4. The molecule has 1 aromatic rings. The first-order valence-electron chi connectivity index (χ1n) is 7.98. The number of nitrogens with zero attached hydrogens (tertiary/aromatic N) is 5. The Morgan fingerprint density at radius 3 is 2.45 bits per heavy atom. The molecule has 1 saturated carbocycles. The lowest BCUT2D eigenvalue weighted by Gasteiger charge is -2.30. The van der Waals surface area contributed by atoms with Gasteiger partial charge in [-0.25, -0.2) is 4.68 Å². The van der Waals surface area contributed by atoms with Crippen molar-refractivity contribution in [1.82, 2.24) is 25.1 Å². The van der Waals surface area contributed by atoms with Gasteiger partial charge >= 0.3 is 0 Å². The van der Waals surface area contributed by atoms with E-state index in [2.05, 4.69) is 15.5 Å². The molecule has 8 heteroatoms. The molecule has 0 radical (unpaired) electrons. The molecular weight excluding hydrogens is 284 g/mol. The second-order valence-electron chi connectivity index (χ2n) is 6.23. The van der Waals surface area contributed by atoms with Crippen LogP contribution in [0.5, 0.6) is 0 Å². The van der Waals surface area contributed by atoms with Gasteiger partial charge in [0, 0.05) is 24.9 Å². The Labute approximate surface area is 129 Å². The molecule has 8 nitrogen and oxygen atoms in total. The van der Waals surface area contributed by atoms with E-state index < -0.39 is 0 Å². The molecule has 0 unspecified atom stereocenters. The zero-order chi connectivity index (χ0) is 15.5. The van der Waals surface area contributed by atoms with Crippen molar-refractivity contribution in [2.45, 2.75) is 51.0 Å². The highest BCUT2D eigenvalue weighted by molar-refractivity contribution is 5.78. The summed E-state index contributed by atoms with van der Waals surface area (Å²) in [6, 6.07) is 0. The Hall–Kier alpha value is -1.99. The molecule has 2 amide bonds. The summed E-state index contributed by atoms with van der Waals surface area (Å²) in [4.78, 5) is 25.3. The normalized spacial score (nSPS) is 20.5. The Morgan fingerprint density at radius 1 is 1.14 bits per heavy atom. The second kappa shape index (κ2) is 6.41. The van der Waals surface area contributed by atoms with Gasteiger partial charge in [0.2, 0.25) is 11.8 Å². The van der Waals surface area contributed by atoms with Crippen LogP contribution in [0.3, 0.4) is 0 Å². The zero-order valence-electron chi connectivity index (χ0n) is 12.6. The molecule has 0 spiro atoms. The molecule has 1 aliphatic carbocycles. The molecule has 2 aliphatic rings. The number of piperidine rings is 1. The van der Waals surface area contributed by atoms with E-state index in [4.69, 9.17) is 5.73 Å². The van der Waals surface area contributed by atoms with Gasteiger partial charge in [0.15, 0.2) is 5.82 Å². The summed E-state index contributed by atoms with van der Waals surface area (Å²) < 4.78 is 1.64. The van der Waals surface area contributed by atoms with Crippen LogP contribution >= 0.6 is 0 Å². The van der Waals surface area contributed by atoms with E-state index in [0.717, 1.165) is 18.7 Å². The molecule has 1 saturated heterocycles. The third kappa shape index (κ3) is 3.10. The predicted molar refractivity (Wildman–Crippen MR) is 77.5 cm³/mol. The van der Waals surface area contributed by atoms with Crippen molar-refractivity contribution in [3.63, 3.8) is 0 Å². The average molecular weight is 306 g/mol. The van der Waals surface area contributed by atoms with Crippen LogP contribution in [-0.4, -0.2) is 50.0 Å². The summed E-state index contributed by atoms with van der Waals surface area (Å²) in [5.74, 6) is 0.845. The molecule has 0 atom stereocenters. The standard InChI is InChI=1S/C14H22N6O2/c15-13(22)10-5-7-19(8-6-10)12(21)9-20-14(16-17-18-20)11-3-1-2-4-11/h10-11H,1-9H2,(H2,15,22). The van der Waals surface area contributed by atoms with E-state index in [1.165, 1.54) is 12.8 Å². The maximum atomic E-state index is 12.4. The number of aromatic nitrogens is 4. The van der Waals surface area contributed by atoms with Crippen LogP contribution in [0.1, 0.15) is 50.3 Å². The van der Waals surface area contributed by atoms with Gasteiger partial charge in [-0.15, -0.1) is 5.10 Å². The number of likely N-dealkylation sites (tertiary alicyclic amines) is 1. The molecule has 2 heterocycles. The quantitative estimate of drug-likeness (QED) is 0.846. The first-order chi connectivity index (χ1) is 10.6. The number of tetrazole rings is 1. The molecule has 1 aliphatic heterocycles. The number of nitrogens with two attached hydrogens (primary N) is 1. The molecule has 2 fully saturated rings. The van der Waals surface area contributed by atoms with Crippen LogP contribution in [0.15, 0.2) is 0 Å². The molecule has 3 rings (SSSR count). The summed E-state index contributed by atoms with van der Waals surface area (Å²) in [7, 11) is 0. The molecule has 1 aromatic heterocycles. The van der Waals surface area contributed by atoms with Crippen LogP contribution in [0.25, 0.3) is 0 Å². The monoisotopic (exact) mass is 306 g/mol. The number of rotatable bonds is 4. The topological polar surface area (TPSA) is 107 Å². The van der Waals surface area contributed by atoms with Crippen molar-refractivity contribution in [2.24, 2.45) is 11.7 Å². The van der Waals surface area contributed by atoms with Gasteiger partial charge in [-0.2, -0.15) is 0 Å². The molecule has 0 aromatic carbocycles. The Bertz CT molecular complexity index is 543. The van der Waals surface area contributed by atoms with Gasteiger partial charge < -0.3 is 10.6 Å². The fourth-order valence-corrected chi connectivity index (χ4v) is 3.44. The number of carbonyl (C=O) groups is 2. The summed E-state index contributed by atoms with van der Waals surface area (Å²) >= 11 is 0. The molecule has 22 heavy (non-hydrogen) atoms. The lowest BCUT2D eigenvalue weighted by atomic mass is 9.96. The minimum Gasteiger partial charge on any atom is -0.369 e. The molecular formula is C14H22N6O2. The largest absolute Gasteiger partial charge is 0.369 e. The first-order valence-corrected chi connectivity index (χ1v) is 7.98. The van der Waals surface area contributed by atoms with Gasteiger partial charge in [-0.3, -0.25) is 9.59 Å². The highest BCUT2D eigenvalue weighted by Gasteiger charge is 2.28. The summed E-state index contributed by atoms with van der Waals surface area (Å²) in [6.07, 6.45) is 5.88. The van der Waals surface area contributed by atoms with E-state index in [1.807, 2.05) is 0 Å². The number of hydrogen-bond donors (Lipinski definition) is 1. The summed E-state index contributed by atoms with van der Waals surface area (Å²) in [5.41, 5.74) is 5.32.